The highest BCUT2D eigenvalue weighted by Gasteiger charge is 2.14. The number of anilines is 1. The van der Waals surface area contributed by atoms with Crippen molar-refractivity contribution in [3.8, 4) is 0 Å². The van der Waals surface area contributed by atoms with Crippen molar-refractivity contribution < 1.29 is 8.78 Å². The molecule has 18 heavy (non-hydrogen) atoms. The van der Waals surface area contributed by atoms with Crippen LogP contribution in [0.5, 0.6) is 0 Å². The van der Waals surface area contributed by atoms with Gasteiger partial charge >= 0.3 is 0 Å². The van der Waals surface area contributed by atoms with Crippen LogP contribution in [-0.4, -0.2) is 14.5 Å². The van der Waals surface area contributed by atoms with Gasteiger partial charge in [-0.2, -0.15) is 0 Å². The smallest absolute Gasteiger partial charge is 0.201 e. The molecule has 0 saturated heterocycles. The first-order valence-electron chi connectivity index (χ1n) is 5.13. The molecule has 3 aromatic rings. The molecular weight excluding hydrogens is 258 g/mol. The zero-order valence-corrected chi connectivity index (χ0v) is 9.92. The van der Waals surface area contributed by atoms with Gasteiger partial charge in [0.15, 0.2) is 5.82 Å². The van der Waals surface area contributed by atoms with Crippen LogP contribution in [0.15, 0.2) is 23.8 Å². The molecule has 0 amide bonds. The Bertz CT molecular complexity index is 705. The Kier molecular flexibility index (Phi) is 2.48. The number of nitrogens with two attached hydrogens (primary N) is 1. The van der Waals surface area contributed by atoms with Crippen LogP contribution in [0.2, 0.25) is 0 Å². The fourth-order valence-corrected chi connectivity index (χ4v) is 2.39. The van der Waals surface area contributed by atoms with E-state index in [2.05, 4.69) is 9.97 Å². The number of nitrogen functional groups attached to an aromatic ring is 1. The van der Waals surface area contributed by atoms with Crippen molar-refractivity contribution >= 4 is 28.3 Å². The molecule has 0 atom stereocenters. The van der Waals surface area contributed by atoms with Crippen LogP contribution in [0.3, 0.4) is 0 Å². The molecule has 0 radical (unpaired) electrons. The van der Waals surface area contributed by atoms with E-state index in [9.17, 15) is 8.78 Å². The summed E-state index contributed by atoms with van der Waals surface area (Å²) >= 11 is 1.44. The van der Waals surface area contributed by atoms with E-state index in [1.165, 1.54) is 17.4 Å². The normalized spacial score (nSPS) is 11.2. The van der Waals surface area contributed by atoms with Gasteiger partial charge in [-0.05, 0) is 0 Å². The van der Waals surface area contributed by atoms with Gasteiger partial charge in [-0.3, -0.25) is 4.98 Å². The molecule has 2 heterocycles. The van der Waals surface area contributed by atoms with E-state index in [-0.39, 0.29) is 11.5 Å². The standard InChI is InChI=1S/C11H8F2N4S/c12-6-1-8(13)10-9(2-6)17(11(14)16-10)4-7-3-15-5-18-7/h1-3,5H,4H2,(H2,14,16). The minimum absolute atomic E-state index is 0.0819. The number of fused-ring (bicyclic) bond motifs is 1. The first-order valence-corrected chi connectivity index (χ1v) is 6.01. The van der Waals surface area contributed by atoms with Gasteiger partial charge in [0.1, 0.15) is 11.3 Å². The fraction of sp³-hybridized carbons (Fsp3) is 0.0909. The minimum Gasteiger partial charge on any atom is -0.369 e. The van der Waals surface area contributed by atoms with Gasteiger partial charge in [-0.15, -0.1) is 11.3 Å². The highest BCUT2D eigenvalue weighted by atomic mass is 32.1. The Morgan fingerprint density at radius 2 is 2.17 bits per heavy atom. The van der Waals surface area contributed by atoms with E-state index >= 15 is 0 Å². The molecule has 0 saturated carbocycles. The molecule has 0 aliphatic rings. The van der Waals surface area contributed by atoms with Crippen molar-refractivity contribution in [3.05, 3.63) is 40.4 Å². The molecule has 1 aromatic carbocycles. The lowest BCUT2D eigenvalue weighted by molar-refractivity contribution is 0.590. The maximum Gasteiger partial charge on any atom is 0.201 e. The number of hydrogen-bond donors (Lipinski definition) is 1. The maximum absolute atomic E-state index is 13.5. The Labute approximate surface area is 105 Å². The second kappa shape index (κ2) is 4.02. The molecule has 0 bridgehead atoms. The number of hydrogen-bond acceptors (Lipinski definition) is 4. The molecule has 0 fully saturated rings. The molecule has 2 aromatic heterocycles. The van der Waals surface area contributed by atoms with Gasteiger partial charge in [0, 0.05) is 23.2 Å². The van der Waals surface area contributed by atoms with Crippen LogP contribution in [0.4, 0.5) is 14.7 Å². The average molecular weight is 266 g/mol. The Morgan fingerprint density at radius 3 is 2.89 bits per heavy atom. The van der Waals surface area contributed by atoms with Crippen LogP contribution in [0, 0.1) is 11.6 Å². The van der Waals surface area contributed by atoms with Crippen LogP contribution >= 0.6 is 11.3 Å². The van der Waals surface area contributed by atoms with Gasteiger partial charge < -0.3 is 10.3 Å². The van der Waals surface area contributed by atoms with Crippen LogP contribution in [0.1, 0.15) is 4.88 Å². The molecule has 0 aliphatic heterocycles. The lowest BCUT2D eigenvalue weighted by Gasteiger charge is -2.04. The highest BCUT2D eigenvalue weighted by molar-refractivity contribution is 7.09. The molecule has 2 N–H and O–H groups in total. The third-order valence-electron chi connectivity index (χ3n) is 2.60. The third-order valence-corrected chi connectivity index (χ3v) is 3.36. The van der Waals surface area contributed by atoms with Crippen molar-refractivity contribution in [3.63, 3.8) is 0 Å². The number of rotatable bonds is 2. The first-order chi connectivity index (χ1) is 8.65. The highest BCUT2D eigenvalue weighted by Crippen LogP contribution is 2.23. The van der Waals surface area contributed by atoms with Gasteiger partial charge in [0.05, 0.1) is 17.6 Å². The van der Waals surface area contributed by atoms with Gasteiger partial charge in [-0.25, -0.2) is 13.8 Å². The van der Waals surface area contributed by atoms with E-state index in [4.69, 9.17) is 5.73 Å². The predicted octanol–water partition coefficient (Wildman–Crippen LogP) is 2.40. The summed E-state index contributed by atoms with van der Waals surface area (Å²) in [7, 11) is 0. The summed E-state index contributed by atoms with van der Waals surface area (Å²) in [4.78, 5) is 8.80. The van der Waals surface area contributed by atoms with Gasteiger partial charge in [0.2, 0.25) is 5.95 Å². The topological polar surface area (TPSA) is 56.7 Å². The van der Waals surface area contributed by atoms with Crippen molar-refractivity contribution in [1.29, 1.82) is 0 Å². The molecular formula is C11H8F2N4S. The summed E-state index contributed by atoms with van der Waals surface area (Å²) in [5, 5.41) is 0. The predicted molar refractivity (Wildman–Crippen MR) is 65.3 cm³/mol. The quantitative estimate of drug-likeness (QED) is 0.775. The second-order valence-electron chi connectivity index (χ2n) is 3.78. The second-order valence-corrected chi connectivity index (χ2v) is 4.75. The largest absolute Gasteiger partial charge is 0.369 e. The molecule has 7 heteroatoms. The summed E-state index contributed by atoms with van der Waals surface area (Å²) in [5.74, 6) is -1.20. The molecule has 0 unspecified atom stereocenters. The summed E-state index contributed by atoms with van der Waals surface area (Å²) in [6.07, 6.45) is 1.69. The lowest BCUT2D eigenvalue weighted by Crippen LogP contribution is -2.03. The number of imidazole rings is 1. The van der Waals surface area contributed by atoms with Crippen molar-refractivity contribution in [2.45, 2.75) is 6.54 Å². The summed E-state index contributed by atoms with van der Waals surface area (Å²) in [6, 6.07) is 2.02. The minimum atomic E-state index is -0.709. The monoisotopic (exact) mass is 266 g/mol. The van der Waals surface area contributed by atoms with Crippen LogP contribution < -0.4 is 5.73 Å². The fourth-order valence-electron chi connectivity index (χ4n) is 1.81. The number of nitrogens with zero attached hydrogens (tertiary/aromatic N) is 3. The van der Waals surface area contributed by atoms with E-state index in [1.54, 1.807) is 16.3 Å². The van der Waals surface area contributed by atoms with Gasteiger partial charge in [-0.1, -0.05) is 0 Å². The number of thiazole rings is 1. The summed E-state index contributed by atoms with van der Waals surface area (Å²) in [5.41, 5.74) is 7.85. The maximum atomic E-state index is 13.5. The van der Waals surface area contributed by atoms with E-state index in [1.807, 2.05) is 0 Å². The Balaban J connectivity index is 2.19. The molecule has 4 nitrogen and oxygen atoms in total. The number of aromatic nitrogens is 3. The molecule has 0 spiro atoms. The SMILES string of the molecule is Nc1nc2c(F)cc(F)cc2n1Cc1cncs1. The third kappa shape index (κ3) is 1.72. The summed E-state index contributed by atoms with van der Waals surface area (Å²) in [6.45, 7) is 0.399. The van der Waals surface area contributed by atoms with Crippen molar-refractivity contribution in [2.75, 3.05) is 5.73 Å². The molecule has 3 rings (SSSR count). The lowest BCUT2D eigenvalue weighted by atomic mass is 10.3. The first kappa shape index (κ1) is 11.1. The molecule has 0 aliphatic carbocycles. The van der Waals surface area contributed by atoms with Gasteiger partial charge in [0.25, 0.3) is 0 Å². The Morgan fingerprint density at radius 1 is 1.33 bits per heavy atom. The van der Waals surface area contributed by atoms with Crippen molar-refractivity contribution in [2.24, 2.45) is 0 Å². The van der Waals surface area contributed by atoms with E-state index in [0.29, 0.717) is 12.1 Å². The zero-order valence-electron chi connectivity index (χ0n) is 9.10. The number of benzene rings is 1. The van der Waals surface area contributed by atoms with Crippen molar-refractivity contribution in [1.82, 2.24) is 14.5 Å². The zero-order chi connectivity index (χ0) is 12.7. The van der Waals surface area contributed by atoms with Crippen LogP contribution in [-0.2, 0) is 6.54 Å². The number of halogens is 2. The molecule has 92 valence electrons. The average Bonchev–Trinajstić information content (AvgIpc) is 2.91. The van der Waals surface area contributed by atoms with Crippen LogP contribution in [0.25, 0.3) is 11.0 Å². The van der Waals surface area contributed by atoms with E-state index < -0.39 is 11.6 Å². The van der Waals surface area contributed by atoms with E-state index in [0.717, 1.165) is 10.9 Å². The summed E-state index contributed by atoms with van der Waals surface area (Å²) < 4.78 is 28.3. The Hall–Kier alpha value is -2.02.